The highest BCUT2D eigenvalue weighted by molar-refractivity contribution is 6.32. The maximum Gasteiger partial charge on any atom is 0.244 e. The molecule has 25 heavy (non-hydrogen) atoms. The summed E-state index contributed by atoms with van der Waals surface area (Å²) in [6, 6.07) is 13.1. The number of nitrogens with one attached hydrogen (secondary N) is 1. The summed E-state index contributed by atoms with van der Waals surface area (Å²) >= 11 is 5.93. The smallest absolute Gasteiger partial charge is 0.244 e. The van der Waals surface area contributed by atoms with Crippen LogP contribution in [0.2, 0.25) is 5.02 Å². The van der Waals surface area contributed by atoms with Gasteiger partial charge in [-0.25, -0.2) is 4.98 Å². The monoisotopic (exact) mass is 354 g/mol. The molecule has 0 spiro atoms. The molecule has 1 atom stereocenters. The molecule has 1 aromatic heterocycles. The van der Waals surface area contributed by atoms with Gasteiger partial charge in [0.2, 0.25) is 5.91 Å². The first-order valence-corrected chi connectivity index (χ1v) is 7.84. The Morgan fingerprint density at radius 1 is 1.16 bits per heavy atom. The molecule has 1 amide bonds. The lowest BCUT2D eigenvalue weighted by molar-refractivity contribution is -0.118. The van der Waals surface area contributed by atoms with Gasteiger partial charge in [0.1, 0.15) is 17.6 Å². The molecule has 4 N–H and O–H groups in total. The van der Waals surface area contributed by atoms with Crippen molar-refractivity contribution in [1.82, 2.24) is 9.97 Å². The van der Waals surface area contributed by atoms with Crippen molar-refractivity contribution < 1.29 is 9.90 Å². The van der Waals surface area contributed by atoms with Gasteiger partial charge in [-0.2, -0.15) is 0 Å². The number of hydrogen-bond donors (Lipinski definition) is 3. The highest BCUT2D eigenvalue weighted by Crippen LogP contribution is 2.29. The second-order valence-corrected chi connectivity index (χ2v) is 5.75. The summed E-state index contributed by atoms with van der Waals surface area (Å²) in [4.78, 5) is 20.4. The van der Waals surface area contributed by atoms with E-state index in [9.17, 15) is 9.90 Å². The van der Waals surface area contributed by atoms with Crippen LogP contribution in [0.15, 0.2) is 60.9 Å². The Labute approximate surface area is 149 Å². The number of amides is 1. The number of rotatable bonds is 5. The van der Waals surface area contributed by atoms with Crippen LogP contribution in [-0.4, -0.2) is 21.0 Å². The normalized spacial score (nSPS) is 11.7. The van der Waals surface area contributed by atoms with Gasteiger partial charge >= 0.3 is 0 Å². The van der Waals surface area contributed by atoms with Crippen LogP contribution in [0, 0.1) is 0 Å². The van der Waals surface area contributed by atoms with Gasteiger partial charge in [0, 0.05) is 5.56 Å². The van der Waals surface area contributed by atoms with E-state index < -0.39 is 11.9 Å². The summed E-state index contributed by atoms with van der Waals surface area (Å²) in [6.45, 7) is 0. The zero-order valence-electron chi connectivity index (χ0n) is 13.1. The molecule has 0 radical (unpaired) electrons. The van der Waals surface area contributed by atoms with Gasteiger partial charge in [0.25, 0.3) is 0 Å². The molecule has 0 bridgehead atoms. The number of phenols is 1. The highest BCUT2D eigenvalue weighted by atomic mass is 35.5. The molecule has 1 heterocycles. The number of aromatic nitrogens is 2. The first-order valence-electron chi connectivity index (χ1n) is 7.46. The number of nitrogens with zero attached hydrogens (tertiary/aromatic N) is 2. The minimum atomic E-state index is -0.728. The Morgan fingerprint density at radius 2 is 1.92 bits per heavy atom. The van der Waals surface area contributed by atoms with Crippen LogP contribution in [0.25, 0.3) is 11.3 Å². The average molecular weight is 355 g/mol. The van der Waals surface area contributed by atoms with Crippen LogP contribution < -0.4 is 11.1 Å². The number of phenolic OH excluding ortho intramolecular Hbond substituents is 1. The molecule has 2 aromatic carbocycles. The van der Waals surface area contributed by atoms with Crippen LogP contribution >= 0.6 is 11.6 Å². The first kappa shape index (κ1) is 16.7. The molecule has 0 unspecified atom stereocenters. The second kappa shape index (κ2) is 7.19. The average Bonchev–Trinajstić information content (AvgIpc) is 2.63. The van der Waals surface area contributed by atoms with Crippen molar-refractivity contribution in [3.05, 3.63) is 71.5 Å². The fraction of sp³-hybridized carbons (Fsp3) is 0.0556. The molecular formula is C18H15ClN4O2. The lowest BCUT2D eigenvalue weighted by atomic mass is 10.1. The van der Waals surface area contributed by atoms with Crippen LogP contribution in [-0.2, 0) is 4.79 Å². The number of anilines is 1. The molecule has 126 valence electrons. The van der Waals surface area contributed by atoms with Gasteiger partial charge in [-0.05, 0) is 23.8 Å². The van der Waals surface area contributed by atoms with Gasteiger partial charge in [-0.3, -0.25) is 9.78 Å². The Balaban J connectivity index is 1.90. The van der Waals surface area contributed by atoms with Crippen LogP contribution in [0.3, 0.4) is 0 Å². The maximum atomic E-state index is 11.8. The SMILES string of the molecule is NC(=O)[C@H](Nc1cncc(-c2ccc(O)c(Cl)c2)n1)c1ccccc1. The van der Waals surface area contributed by atoms with E-state index in [1.807, 2.05) is 18.2 Å². The number of aromatic hydroxyl groups is 1. The Kier molecular flexibility index (Phi) is 4.81. The number of halogens is 1. The third-order valence-corrected chi connectivity index (χ3v) is 3.89. The van der Waals surface area contributed by atoms with E-state index in [-0.39, 0.29) is 10.8 Å². The minimum absolute atomic E-state index is 0.00877. The van der Waals surface area contributed by atoms with Crippen LogP contribution in [0.1, 0.15) is 11.6 Å². The largest absolute Gasteiger partial charge is 0.506 e. The van der Waals surface area contributed by atoms with Crippen molar-refractivity contribution in [3.63, 3.8) is 0 Å². The lowest BCUT2D eigenvalue weighted by Gasteiger charge is -2.16. The van der Waals surface area contributed by atoms with E-state index in [0.717, 1.165) is 5.56 Å². The van der Waals surface area contributed by atoms with E-state index in [1.54, 1.807) is 30.5 Å². The van der Waals surface area contributed by atoms with Gasteiger partial charge in [0.05, 0.1) is 23.1 Å². The van der Waals surface area contributed by atoms with Gasteiger partial charge in [0.15, 0.2) is 0 Å². The van der Waals surface area contributed by atoms with Crippen LogP contribution in [0.5, 0.6) is 5.75 Å². The van der Waals surface area contributed by atoms with Crippen molar-refractivity contribution >= 4 is 23.3 Å². The van der Waals surface area contributed by atoms with E-state index in [2.05, 4.69) is 15.3 Å². The molecule has 7 heteroatoms. The van der Waals surface area contributed by atoms with E-state index in [4.69, 9.17) is 17.3 Å². The molecule has 3 aromatic rings. The fourth-order valence-corrected chi connectivity index (χ4v) is 2.53. The summed E-state index contributed by atoms with van der Waals surface area (Å²) in [7, 11) is 0. The van der Waals surface area contributed by atoms with Gasteiger partial charge in [-0.15, -0.1) is 0 Å². The van der Waals surface area contributed by atoms with Crippen molar-refractivity contribution in [2.75, 3.05) is 5.32 Å². The van der Waals surface area contributed by atoms with Crippen molar-refractivity contribution in [2.45, 2.75) is 6.04 Å². The highest BCUT2D eigenvalue weighted by Gasteiger charge is 2.18. The molecular weight excluding hydrogens is 340 g/mol. The third kappa shape index (κ3) is 3.87. The second-order valence-electron chi connectivity index (χ2n) is 5.35. The Bertz CT molecular complexity index is 903. The number of primary amides is 1. The van der Waals surface area contributed by atoms with Crippen molar-refractivity contribution in [3.8, 4) is 17.0 Å². The summed E-state index contributed by atoms with van der Waals surface area (Å²) in [6.07, 6.45) is 3.07. The predicted octanol–water partition coefficient (Wildman–Crippen LogP) is 3.14. The molecule has 0 aliphatic carbocycles. The fourth-order valence-electron chi connectivity index (χ4n) is 2.35. The molecule has 0 fully saturated rings. The standard InChI is InChI=1S/C18H15ClN4O2/c19-13-8-12(6-7-15(13)24)14-9-21-10-16(22-14)23-17(18(20)25)11-4-2-1-3-5-11/h1-10,17,24H,(H2,20,25)(H,22,23)/t17-/m1/s1. The molecule has 0 aliphatic heterocycles. The maximum absolute atomic E-state index is 11.8. The summed E-state index contributed by atoms with van der Waals surface area (Å²) < 4.78 is 0. The number of benzene rings is 2. The number of hydrogen-bond acceptors (Lipinski definition) is 5. The number of nitrogens with two attached hydrogens (primary N) is 1. The van der Waals surface area contributed by atoms with E-state index in [1.165, 1.54) is 12.3 Å². The first-order chi connectivity index (χ1) is 12.0. The number of carbonyl (C=O) groups is 1. The predicted molar refractivity (Wildman–Crippen MR) is 96.1 cm³/mol. The van der Waals surface area contributed by atoms with E-state index >= 15 is 0 Å². The van der Waals surface area contributed by atoms with Crippen LogP contribution in [0.4, 0.5) is 5.82 Å². The molecule has 6 nitrogen and oxygen atoms in total. The number of carbonyl (C=O) groups excluding carboxylic acids is 1. The molecule has 0 saturated heterocycles. The zero-order valence-corrected chi connectivity index (χ0v) is 13.8. The topological polar surface area (TPSA) is 101 Å². The van der Waals surface area contributed by atoms with Gasteiger partial charge < -0.3 is 16.2 Å². The third-order valence-electron chi connectivity index (χ3n) is 3.59. The lowest BCUT2D eigenvalue weighted by Crippen LogP contribution is -2.28. The molecule has 3 rings (SSSR count). The quantitative estimate of drug-likeness (QED) is 0.653. The summed E-state index contributed by atoms with van der Waals surface area (Å²) in [5, 5.41) is 12.7. The zero-order chi connectivity index (χ0) is 17.8. The summed E-state index contributed by atoms with van der Waals surface area (Å²) in [5.41, 5.74) is 7.47. The van der Waals surface area contributed by atoms with Gasteiger partial charge in [-0.1, -0.05) is 41.9 Å². The minimum Gasteiger partial charge on any atom is -0.506 e. The van der Waals surface area contributed by atoms with Crippen molar-refractivity contribution in [2.24, 2.45) is 5.73 Å². The Morgan fingerprint density at radius 3 is 2.60 bits per heavy atom. The molecule has 0 saturated carbocycles. The van der Waals surface area contributed by atoms with Crippen molar-refractivity contribution in [1.29, 1.82) is 0 Å². The van der Waals surface area contributed by atoms with E-state index in [0.29, 0.717) is 17.1 Å². The molecule has 0 aliphatic rings. The Hall–Kier alpha value is -3.12. The summed E-state index contributed by atoms with van der Waals surface area (Å²) in [5.74, 6) is -0.133.